The monoisotopic (exact) mass is 442 g/mol. The maximum atomic E-state index is 12.9. The maximum Gasteiger partial charge on any atom is 0.326 e. The van der Waals surface area contributed by atoms with Gasteiger partial charge in [0.1, 0.15) is 18.0 Å². The van der Waals surface area contributed by atoms with Crippen LogP contribution in [0.4, 0.5) is 0 Å². The van der Waals surface area contributed by atoms with E-state index in [2.05, 4.69) is 11.9 Å². The number of fused-ring (bicyclic) bond motifs is 1. The van der Waals surface area contributed by atoms with Crippen molar-refractivity contribution < 1.29 is 23.8 Å². The molecule has 1 amide bonds. The highest BCUT2D eigenvalue weighted by molar-refractivity contribution is 7.16. The second-order valence-electron chi connectivity index (χ2n) is 6.76. The molecule has 8 heteroatoms. The summed E-state index contributed by atoms with van der Waals surface area (Å²) in [5, 5.41) is 0. The first-order valence-corrected chi connectivity index (χ1v) is 11.0. The number of nitrogens with zero attached hydrogens (tertiary/aromatic N) is 2. The number of carbonyl (C=O) groups excluding carboxylic acids is 2. The number of thiazole rings is 1. The number of rotatable bonds is 9. The van der Waals surface area contributed by atoms with E-state index in [0.29, 0.717) is 28.5 Å². The normalized spacial score (nSPS) is 11.5. The van der Waals surface area contributed by atoms with Crippen LogP contribution in [0.1, 0.15) is 37.0 Å². The highest BCUT2D eigenvalue weighted by Crippen LogP contribution is 2.23. The Hall–Kier alpha value is -3.13. The van der Waals surface area contributed by atoms with Crippen LogP contribution < -0.4 is 14.3 Å². The SMILES string of the molecule is CCCCOc1cccc(C(=O)N=c2sc3cc(OC)ccc3n2CC(=O)OCC)c1. The first-order chi connectivity index (χ1) is 15.0. The number of ether oxygens (including phenoxy) is 3. The Morgan fingerprint density at radius 1 is 1.10 bits per heavy atom. The fourth-order valence-electron chi connectivity index (χ4n) is 2.96. The second kappa shape index (κ2) is 10.8. The van der Waals surface area contributed by atoms with Crippen LogP contribution in [-0.2, 0) is 16.1 Å². The van der Waals surface area contributed by atoms with Crippen molar-refractivity contribution in [2.24, 2.45) is 4.99 Å². The number of benzene rings is 2. The van der Waals surface area contributed by atoms with Crippen molar-refractivity contribution in [2.45, 2.75) is 33.2 Å². The van der Waals surface area contributed by atoms with Gasteiger partial charge in [0.25, 0.3) is 5.91 Å². The van der Waals surface area contributed by atoms with E-state index < -0.39 is 11.9 Å². The molecule has 0 aliphatic rings. The molecule has 1 heterocycles. The summed E-state index contributed by atoms with van der Waals surface area (Å²) in [7, 11) is 1.59. The lowest BCUT2D eigenvalue weighted by Crippen LogP contribution is -2.23. The van der Waals surface area contributed by atoms with Crippen molar-refractivity contribution in [3.05, 3.63) is 52.8 Å². The second-order valence-corrected chi connectivity index (χ2v) is 7.77. The number of aromatic nitrogens is 1. The molecule has 0 saturated heterocycles. The number of hydrogen-bond acceptors (Lipinski definition) is 6. The molecule has 3 aromatic rings. The Morgan fingerprint density at radius 3 is 2.68 bits per heavy atom. The molecule has 0 atom stereocenters. The van der Waals surface area contributed by atoms with Crippen LogP contribution in [0.25, 0.3) is 10.2 Å². The molecule has 0 spiro atoms. The Labute approximate surface area is 184 Å². The number of esters is 1. The van der Waals surface area contributed by atoms with Gasteiger partial charge < -0.3 is 18.8 Å². The molecule has 0 unspecified atom stereocenters. The number of unbranched alkanes of at least 4 members (excludes halogenated alkanes) is 1. The molecule has 7 nitrogen and oxygen atoms in total. The van der Waals surface area contributed by atoms with Gasteiger partial charge in [-0.1, -0.05) is 30.7 Å². The van der Waals surface area contributed by atoms with Gasteiger partial charge in [0.2, 0.25) is 0 Å². The number of carbonyl (C=O) groups is 2. The lowest BCUT2D eigenvalue weighted by molar-refractivity contribution is -0.143. The van der Waals surface area contributed by atoms with Crippen molar-refractivity contribution in [1.29, 1.82) is 0 Å². The molecule has 0 saturated carbocycles. The average molecular weight is 443 g/mol. The summed E-state index contributed by atoms with van der Waals surface area (Å²) in [6.45, 7) is 4.69. The van der Waals surface area contributed by atoms with Crippen molar-refractivity contribution in [3.63, 3.8) is 0 Å². The standard InChI is InChI=1S/C23H26N2O5S/c1-4-6-12-30-18-9-7-8-16(13-18)22(27)24-23-25(15-21(26)29-5-2)19-11-10-17(28-3)14-20(19)31-23/h7-11,13-14H,4-6,12,15H2,1-3H3. The van der Waals surface area contributed by atoms with Crippen LogP contribution in [0.5, 0.6) is 11.5 Å². The summed E-state index contributed by atoms with van der Waals surface area (Å²) in [6.07, 6.45) is 1.98. The minimum absolute atomic E-state index is 0.0353. The summed E-state index contributed by atoms with van der Waals surface area (Å²) in [4.78, 5) is 29.8. The van der Waals surface area contributed by atoms with Gasteiger partial charge in [0.05, 0.1) is 30.5 Å². The average Bonchev–Trinajstić information content (AvgIpc) is 3.10. The predicted molar refractivity (Wildman–Crippen MR) is 120 cm³/mol. The number of methoxy groups -OCH3 is 1. The van der Waals surface area contributed by atoms with E-state index in [1.54, 1.807) is 42.9 Å². The van der Waals surface area contributed by atoms with E-state index in [0.717, 1.165) is 23.1 Å². The van der Waals surface area contributed by atoms with Gasteiger partial charge in [-0.3, -0.25) is 9.59 Å². The summed E-state index contributed by atoms with van der Waals surface area (Å²) < 4.78 is 18.6. The zero-order chi connectivity index (χ0) is 22.2. The first kappa shape index (κ1) is 22.6. The van der Waals surface area contributed by atoms with E-state index in [1.165, 1.54) is 11.3 Å². The molecular formula is C23H26N2O5S. The van der Waals surface area contributed by atoms with Crippen molar-refractivity contribution in [2.75, 3.05) is 20.3 Å². The highest BCUT2D eigenvalue weighted by Gasteiger charge is 2.14. The Morgan fingerprint density at radius 2 is 1.94 bits per heavy atom. The van der Waals surface area contributed by atoms with Gasteiger partial charge in [0.15, 0.2) is 4.80 Å². The highest BCUT2D eigenvalue weighted by atomic mass is 32.1. The molecule has 0 bridgehead atoms. The third-order valence-corrected chi connectivity index (χ3v) is 5.57. The van der Waals surface area contributed by atoms with Gasteiger partial charge in [-0.15, -0.1) is 0 Å². The van der Waals surface area contributed by atoms with Gasteiger partial charge in [0, 0.05) is 5.56 Å². The van der Waals surface area contributed by atoms with Gasteiger partial charge in [-0.2, -0.15) is 4.99 Å². The molecule has 0 N–H and O–H groups in total. The van der Waals surface area contributed by atoms with Crippen LogP contribution in [-0.4, -0.2) is 36.8 Å². The van der Waals surface area contributed by atoms with Crippen LogP contribution in [0.15, 0.2) is 47.5 Å². The summed E-state index contributed by atoms with van der Waals surface area (Å²) in [6, 6.07) is 12.5. The molecular weight excluding hydrogens is 416 g/mol. The summed E-state index contributed by atoms with van der Waals surface area (Å²) in [5.41, 5.74) is 1.20. The lowest BCUT2D eigenvalue weighted by atomic mass is 10.2. The van der Waals surface area contributed by atoms with Crippen molar-refractivity contribution >= 4 is 33.4 Å². The van der Waals surface area contributed by atoms with Gasteiger partial charge in [-0.25, -0.2) is 0 Å². The molecule has 2 aromatic carbocycles. The Kier molecular flexibility index (Phi) is 7.83. The molecule has 1 aromatic heterocycles. The zero-order valence-corrected chi connectivity index (χ0v) is 18.7. The lowest BCUT2D eigenvalue weighted by Gasteiger charge is -2.06. The molecule has 31 heavy (non-hydrogen) atoms. The molecule has 0 fully saturated rings. The van der Waals surface area contributed by atoms with Crippen LogP contribution in [0.2, 0.25) is 0 Å². The summed E-state index contributed by atoms with van der Waals surface area (Å²) >= 11 is 1.31. The fraction of sp³-hybridized carbons (Fsp3) is 0.348. The molecule has 164 valence electrons. The van der Waals surface area contributed by atoms with E-state index in [-0.39, 0.29) is 13.2 Å². The third kappa shape index (κ3) is 5.73. The maximum absolute atomic E-state index is 12.9. The van der Waals surface area contributed by atoms with E-state index in [9.17, 15) is 9.59 Å². The minimum atomic E-state index is -0.405. The van der Waals surface area contributed by atoms with Crippen molar-refractivity contribution in [3.8, 4) is 11.5 Å². The number of amides is 1. The fourth-order valence-corrected chi connectivity index (χ4v) is 4.02. The predicted octanol–water partition coefficient (Wildman–Crippen LogP) is 4.19. The summed E-state index contributed by atoms with van der Waals surface area (Å²) in [5.74, 6) is 0.525. The smallest absolute Gasteiger partial charge is 0.326 e. The van der Waals surface area contributed by atoms with Crippen LogP contribution in [0.3, 0.4) is 0 Å². The Balaban J connectivity index is 1.98. The number of hydrogen-bond donors (Lipinski definition) is 0. The molecule has 0 aliphatic heterocycles. The van der Waals surface area contributed by atoms with Crippen molar-refractivity contribution in [1.82, 2.24) is 4.57 Å². The van der Waals surface area contributed by atoms with Gasteiger partial charge in [-0.05, 0) is 49.7 Å². The molecule has 0 radical (unpaired) electrons. The van der Waals surface area contributed by atoms with E-state index >= 15 is 0 Å². The topological polar surface area (TPSA) is 79.1 Å². The van der Waals surface area contributed by atoms with Crippen LogP contribution in [0, 0.1) is 0 Å². The van der Waals surface area contributed by atoms with Gasteiger partial charge >= 0.3 is 5.97 Å². The Bertz CT molecular complexity index is 1130. The largest absolute Gasteiger partial charge is 0.497 e. The van der Waals surface area contributed by atoms with E-state index in [4.69, 9.17) is 14.2 Å². The quantitative estimate of drug-likeness (QED) is 0.367. The zero-order valence-electron chi connectivity index (χ0n) is 17.9. The van der Waals surface area contributed by atoms with Crippen LogP contribution >= 0.6 is 11.3 Å². The minimum Gasteiger partial charge on any atom is -0.497 e. The van der Waals surface area contributed by atoms with E-state index in [1.807, 2.05) is 18.2 Å². The third-order valence-electron chi connectivity index (χ3n) is 4.53. The molecule has 3 rings (SSSR count). The molecule has 0 aliphatic carbocycles. The first-order valence-electron chi connectivity index (χ1n) is 10.2.